The summed E-state index contributed by atoms with van der Waals surface area (Å²) in [4.78, 5) is 20.5. The van der Waals surface area contributed by atoms with Crippen LogP contribution in [0.2, 0.25) is 0 Å². The van der Waals surface area contributed by atoms with Crippen LogP contribution in [-0.2, 0) is 6.54 Å². The molecular formula is C13H12N4O. The molecule has 1 N–H and O–H groups in total. The van der Waals surface area contributed by atoms with E-state index in [4.69, 9.17) is 5.26 Å². The van der Waals surface area contributed by atoms with Gasteiger partial charge in [0.25, 0.3) is 5.91 Å². The molecule has 0 aliphatic rings. The summed E-state index contributed by atoms with van der Waals surface area (Å²) < 4.78 is 0. The normalized spacial score (nSPS) is 9.78. The third-order valence-electron chi connectivity index (χ3n) is 2.55. The van der Waals surface area contributed by atoms with Gasteiger partial charge in [-0.15, -0.1) is 0 Å². The number of nitriles is 1. The average Bonchev–Trinajstić information content (AvgIpc) is 2.90. The molecule has 2 heterocycles. The van der Waals surface area contributed by atoms with Crippen molar-refractivity contribution < 1.29 is 4.79 Å². The van der Waals surface area contributed by atoms with Crippen LogP contribution in [0, 0.1) is 11.3 Å². The highest BCUT2D eigenvalue weighted by molar-refractivity contribution is 5.94. The van der Waals surface area contributed by atoms with E-state index in [1.54, 1.807) is 18.0 Å². The van der Waals surface area contributed by atoms with Crippen LogP contribution >= 0.6 is 0 Å². The lowest BCUT2D eigenvalue weighted by molar-refractivity contribution is 0.0785. The van der Waals surface area contributed by atoms with Crippen molar-refractivity contribution in [2.75, 3.05) is 7.05 Å². The predicted octanol–water partition coefficient (Wildman–Crippen LogP) is 1.55. The Hall–Kier alpha value is -2.61. The average molecular weight is 240 g/mol. The molecule has 0 aliphatic carbocycles. The highest BCUT2D eigenvalue weighted by Crippen LogP contribution is 2.08. The number of rotatable bonds is 3. The fourth-order valence-electron chi connectivity index (χ4n) is 1.65. The van der Waals surface area contributed by atoms with Crippen LogP contribution < -0.4 is 0 Å². The maximum atomic E-state index is 12.1. The van der Waals surface area contributed by atoms with Crippen molar-refractivity contribution in [1.82, 2.24) is 14.9 Å². The lowest BCUT2D eigenvalue weighted by Gasteiger charge is -2.16. The van der Waals surface area contributed by atoms with Gasteiger partial charge in [-0.1, -0.05) is 0 Å². The maximum absolute atomic E-state index is 12.1. The van der Waals surface area contributed by atoms with Crippen molar-refractivity contribution >= 4 is 5.91 Å². The quantitative estimate of drug-likeness (QED) is 0.884. The van der Waals surface area contributed by atoms with E-state index in [-0.39, 0.29) is 11.6 Å². The number of aromatic nitrogens is 2. The van der Waals surface area contributed by atoms with Gasteiger partial charge in [-0.3, -0.25) is 4.79 Å². The molecule has 0 unspecified atom stereocenters. The van der Waals surface area contributed by atoms with Crippen molar-refractivity contribution in [3.05, 3.63) is 53.6 Å². The van der Waals surface area contributed by atoms with Gasteiger partial charge in [0.2, 0.25) is 0 Å². The Bertz CT molecular complexity index is 583. The summed E-state index contributed by atoms with van der Waals surface area (Å²) in [6, 6.07) is 6.94. The summed E-state index contributed by atoms with van der Waals surface area (Å²) in [7, 11) is 1.72. The minimum atomic E-state index is -0.130. The van der Waals surface area contributed by atoms with E-state index in [0.717, 1.165) is 5.56 Å². The molecule has 0 fully saturated rings. The predicted molar refractivity (Wildman–Crippen MR) is 65.5 cm³/mol. The van der Waals surface area contributed by atoms with Gasteiger partial charge in [0.15, 0.2) is 0 Å². The molecule has 0 aliphatic heterocycles. The second kappa shape index (κ2) is 5.15. The molecule has 18 heavy (non-hydrogen) atoms. The zero-order valence-electron chi connectivity index (χ0n) is 9.92. The SMILES string of the molecule is CN(Cc1cc[nH]c1)C(=O)c1ccnc(C#N)c1. The number of H-pyrrole nitrogens is 1. The third-order valence-corrected chi connectivity index (χ3v) is 2.55. The lowest BCUT2D eigenvalue weighted by atomic mass is 10.2. The van der Waals surface area contributed by atoms with Gasteiger partial charge in [0.05, 0.1) is 0 Å². The lowest BCUT2D eigenvalue weighted by Crippen LogP contribution is -2.26. The number of hydrogen-bond acceptors (Lipinski definition) is 3. The van der Waals surface area contributed by atoms with Gasteiger partial charge in [0, 0.05) is 37.7 Å². The fourth-order valence-corrected chi connectivity index (χ4v) is 1.65. The van der Waals surface area contributed by atoms with Crippen LogP contribution in [0.1, 0.15) is 21.6 Å². The number of nitrogens with one attached hydrogen (secondary N) is 1. The number of pyridine rings is 1. The van der Waals surface area contributed by atoms with Gasteiger partial charge in [-0.05, 0) is 23.8 Å². The zero-order valence-corrected chi connectivity index (χ0v) is 9.92. The number of nitrogens with zero attached hydrogens (tertiary/aromatic N) is 3. The van der Waals surface area contributed by atoms with Crippen molar-refractivity contribution in [3.8, 4) is 6.07 Å². The molecule has 5 heteroatoms. The molecule has 0 spiro atoms. The number of hydrogen-bond donors (Lipinski definition) is 1. The first-order valence-electron chi connectivity index (χ1n) is 5.44. The summed E-state index contributed by atoms with van der Waals surface area (Å²) in [5.74, 6) is -0.130. The van der Waals surface area contributed by atoms with E-state index in [0.29, 0.717) is 12.1 Å². The maximum Gasteiger partial charge on any atom is 0.254 e. The molecule has 0 saturated carbocycles. The van der Waals surface area contributed by atoms with E-state index in [2.05, 4.69) is 9.97 Å². The Morgan fingerprint density at radius 3 is 3.06 bits per heavy atom. The molecule has 0 radical (unpaired) electrons. The second-order valence-electron chi connectivity index (χ2n) is 3.92. The minimum Gasteiger partial charge on any atom is -0.367 e. The van der Waals surface area contributed by atoms with E-state index in [9.17, 15) is 4.79 Å². The summed E-state index contributed by atoms with van der Waals surface area (Å²) in [5.41, 5.74) is 1.75. The molecule has 2 rings (SSSR count). The largest absolute Gasteiger partial charge is 0.367 e. The molecule has 0 atom stereocenters. The van der Waals surface area contributed by atoms with Crippen molar-refractivity contribution in [2.45, 2.75) is 6.54 Å². The molecular weight excluding hydrogens is 228 g/mol. The Kier molecular flexibility index (Phi) is 3.39. The summed E-state index contributed by atoms with van der Waals surface area (Å²) in [5, 5.41) is 8.75. The van der Waals surface area contributed by atoms with E-state index in [1.807, 2.05) is 24.5 Å². The molecule has 2 aromatic rings. The number of carbonyl (C=O) groups is 1. The monoisotopic (exact) mass is 240 g/mol. The summed E-state index contributed by atoms with van der Waals surface area (Å²) in [6.45, 7) is 0.520. The Morgan fingerprint density at radius 2 is 2.39 bits per heavy atom. The van der Waals surface area contributed by atoms with Gasteiger partial charge < -0.3 is 9.88 Å². The van der Waals surface area contributed by atoms with E-state index < -0.39 is 0 Å². The van der Waals surface area contributed by atoms with Crippen LogP contribution in [0.15, 0.2) is 36.8 Å². The van der Waals surface area contributed by atoms with Crippen LogP contribution in [0.4, 0.5) is 0 Å². The Labute approximate surface area is 105 Å². The zero-order chi connectivity index (χ0) is 13.0. The van der Waals surface area contributed by atoms with E-state index in [1.165, 1.54) is 12.3 Å². The fraction of sp³-hybridized carbons (Fsp3) is 0.154. The van der Waals surface area contributed by atoms with E-state index >= 15 is 0 Å². The van der Waals surface area contributed by atoms with Gasteiger partial charge in [0.1, 0.15) is 11.8 Å². The number of aromatic amines is 1. The third kappa shape index (κ3) is 2.55. The van der Waals surface area contributed by atoms with Crippen molar-refractivity contribution in [3.63, 3.8) is 0 Å². The van der Waals surface area contributed by atoms with Crippen LogP contribution in [0.25, 0.3) is 0 Å². The Balaban J connectivity index is 2.13. The second-order valence-corrected chi connectivity index (χ2v) is 3.92. The highest BCUT2D eigenvalue weighted by atomic mass is 16.2. The summed E-state index contributed by atoms with van der Waals surface area (Å²) in [6.07, 6.45) is 5.13. The first-order chi connectivity index (χ1) is 8.70. The van der Waals surface area contributed by atoms with Gasteiger partial charge in [-0.2, -0.15) is 5.26 Å². The Morgan fingerprint density at radius 1 is 1.56 bits per heavy atom. The van der Waals surface area contributed by atoms with Crippen LogP contribution in [-0.4, -0.2) is 27.8 Å². The molecule has 5 nitrogen and oxygen atoms in total. The summed E-state index contributed by atoms with van der Waals surface area (Å²) >= 11 is 0. The van der Waals surface area contributed by atoms with Crippen LogP contribution in [0.3, 0.4) is 0 Å². The van der Waals surface area contributed by atoms with Gasteiger partial charge in [-0.25, -0.2) is 4.98 Å². The number of amides is 1. The first kappa shape index (κ1) is 11.9. The standard InChI is InChI=1S/C13H12N4O/c1-17(9-10-2-4-15-8-10)13(18)11-3-5-16-12(6-11)7-14/h2-6,8,15H,9H2,1H3. The number of carbonyl (C=O) groups excluding carboxylic acids is 1. The molecule has 90 valence electrons. The first-order valence-corrected chi connectivity index (χ1v) is 5.44. The van der Waals surface area contributed by atoms with Gasteiger partial charge >= 0.3 is 0 Å². The molecule has 0 bridgehead atoms. The molecule has 0 aromatic carbocycles. The smallest absolute Gasteiger partial charge is 0.254 e. The highest BCUT2D eigenvalue weighted by Gasteiger charge is 2.12. The molecule has 1 amide bonds. The minimum absolute atomic E-state index is 0.130. The molecule has 0 saturated heterocycles. The van der Waals surface area contributed by atoms with Crippen LogP contribution in [0.5, 0.6) is 0 Å². The van der Waals surface area contributed by atoms with Crippen molar-refractivity contribution in [2.24, 2.45) is 0 Å². The molecule has 2 aromatic heterocycles. The topological polar surface area (TPSA) is 72.8 Å². The van der Waals surface area contributed by atoms with Crippen molar-refractivity contribution in [1.29, 1.82) is 5.26 Å².